The first-order valence-electron chi connectivity index (χ1n) is 10.5. The fraction of sp³-hybridized carbons (Fsp3) is 0.192. The van der Waals surface area contributed by atoms with Crippen LogP contribution in [0.4, 0.5) is 0 Å². The number of aliphatic hydroxyl groups excluding tert-OH is 1. The Morgan fingerprint density at radius 1 is 0.871 bits per heavy atom. The molecule has 3 aromatic carbocycles. The van der Waals surface area contributed by atoms with E-state index in [9.17, 15) is 5.11 Å². The van der Waals surface area contributed by atoms with E-state index in [2.05, 4.69) is 52.0 Å². The molecule has 3 aromatic rings. The van der Waals surface area contributed by atoms with Crippen LogP contribution in [0.1, 0.15) is 23.1 Å². The van der Waals surface area contributed by atoms with E-state index in [0.29, 0.717) is 11.4 Å². The second-order valence-electron chi connectivity index (χ2n) is 7.62. The normalized spacial score (nSPS) is 18.1. The van der Waals surface area contributed by atoms with Crippen LogP contribution in [-0.2, 0) is 12.8 Å². The number of nitrogens with zero attached hydrogens (tertiary/aromatic N) is 1. The Hall–Kier alpha value is -3.08. The molecular weight excluding hydrogens is 406 g/mol. The zero-order valence-corrected chi connectivity index (χ0v) is 18.0. The van der Waals surface area contributed by atoms with Crippen LogP contribution in [0.2, 0.25) is 5.02 Å². The Balaban J connectivity index is 1.51. The van der Waals surface area contributed by atoms with E-state index in [4.69, 9.17) is 11.6 Å². The van der Waals surface area contributed by atoms with Crippen LogP contribution in [0.15, 0.2) is 96.1 Å². The largest absolute Gasteiger partial charge is 0.373 e. The van der Waals surface area contributed by atoms with Gasteiger partial charge in [0.15, 0.2) is 6.23 Å². The summed E-state index contributed by atoms with van der Waals surface area (Å²) in [5.74, 6) is 0.747. The molecule has 2 atom stereocenters. The number of hydrogen-bond acceptors (Lipinski definition) is 3. The summed E-state index contributed by atoms with van der Waals surface area (Å²) in [7, 11) is 0. The Bertz CT molecular complexity index is 1030. The highest BCUT2D eigenvalue weighted by Gasteiger charge is 2.22. The molecule has 0 bridgehead atoms. The summed E-state index contributed by atoms with van der Waals surface area (Å²) in [5, 5.41) is 18.2. The first kappa shape index (κ1) is 21.2. The van der Waals surface area contributed by atoms with Crippen LogP contribution in [0.25, 0.3) is 5.70 Å². The van der Waals surface area contributed by atoms with Crippen molar-refractivity contribution in [1.82, 2.24) is 10.6 Å². The fourth-order valence-electron chi connectivity index (χ4n) is 3.66. The summed E-state index contributed by atoms with van der Waals surface area (Å²) >= 11 is 5.96. The zero-order chi connectivity index (χ0) is 21.5. The van der Waals surface area contributed by atoms with Crippen molar-refractivity contribution in [1.29, 1.82) is 0 Å². The summed E-state index contributed by atoms with van der Waals surface area (Å²) < 4.78 is 0. The number of amidine groups is 1. The summed E-state index contributed by atoms with van der Waals surface area (Å²) in [6, 6.07) is 28.1. The van der Waals surface area contributed by atoms with Crippen molar-refractivity contribution in [2.24, 2.45) is 4.99 Å². The molecule has 0 spiro atoms. The van der Waals surface area contributed by atoms with Gasteiger partial charge in [-0.1, -0.05) is 84.4 Å². The van der Waals surface area contributed by atoms with Gasteiger partial charge in [-0.2, -0.15) is 0 Å². The Morgan fingerprint density at radius 2 is 1.55 bits per heavy atom. The fourth-order valence-corrected chi connectivity index (χ4v) is 3.78. The van der Waals surface area contributed by atoms with Crippen LogP contribution < -0.4 is 10.6 Å². The summed E-state index contributed by atoms with van der Waals surface area (Å²) in [4.78, 5) is 4.60. The minimum absolute atomic E-state index is 0.0275. The Kier molecular flexibility index (Phi) is 7.03. The van der Waals surface area contributed by atoms with Crippen LogP contribution in [0.5, 0.6) is 0 Å². The molecule has 3 N–H and O–H groups in total. The van der Waals surface area contributed by atoms with Gasteiger partial charge in [-0.15, -0.1) is 0 Å². The number of rotatable bonds is 7. The molecule has 0 saturated carbocycles. The van der Waals surface area contributed by atoms with Crippen molar-refractivity contribution in [3.05, 3.63) is 113 Å². The van der Waals surface area contributed by atoms with Crippen molar-refractivity contribution in [2.75, 3.05) is 0 Å². The van der Waals surface area contributed by atoms with Gasteiger partial charge in [0, 0.05) is 17.6 Å². The molecule has 4 nitrogen and oxygen atoms in total. The third-order valence-electron chi connectivity index (χ3n) is 5.29. The van der Waals surface area contributed by atoms with Gasteiger partial charge in [-0.25, -0.2) is 4.99 Å². The first-order valence-corrected chi connectivity index (χ1v) is 10.9. The average Bonchev–Trinajstić information content (AvgIpc) is 2.81. The highest BCUT2D eigenvalue weighted by atomic mass is 35.5. The highest BCUT2D eigenvalue weighted by molar-refractivity contribution is 6.30. The lowest BCUT2D eigenvalue weighted by atomic mass is 10.0. The highest BCUT2D eigenvalue weighted by Crippen LogP contribution is 2.18. The molecule has 158 valence electrons. The van der Waals surface area contributed by atoms with Crippen molar-refractivity contribution in [3.63, 3.8) is 0 Å². The average molecular weight is 432 g/mol. The van der Waals surface area contributed by atoms with Gasteiger partial charge in [0.05, 0.1) is 11.7 Å². The maximum atomic E-state index is 10.6. The second-order valence-corrected chi connectivity index (χ2v) is 8.05. The van der Waals surface area contributed by atoms with Crippen LogP contribution in [-0.4, -0.2) is 23.2 Å². The van der Waals surface area contributed by atoms with Gasteiger partial charge in [-0.05, 0) is 41.7 Å². The first-order chi connectivity index (χ1) is 15.2. The molecule has 0 saturated heterocycles. The molecule has 0 aromatic heterocycles. The second kappa shape index (κ2) is 10.3. The molecule has 0 aliphatic carbocycles. The molecular formula is C26H26ClN3O. The van der Waals surface area contributed by atoms with Gasteiger partial charge in [0.1, 0.15) is 5.84 Å². The molecule has 0 fully saturated rings. The molecule has 4 rings (SSSR count). The summed E-state index contributed by atoms with van der Waals surface area (Å²) in [6.45, 7) is 0. The SMILES string of the molecule is OC(Cc1ccc(Cl)cc1)N=C1NC=C(c2ccccc2)NC1CCc1ccccc1. The summed E-state index contributed by atoms with van der Waals surface area (Å²) in [6.07, 6.45) is 3.28. The van der Waals surface area contributed by atoms with Gasteiger partial charge >= 0.3 is 0 Å². The molecule has 31 heavy (non-hydrogen) atoms. The molecule has 0 amide bonds. The van der Waals surface area contributed by atoms with Gasteiger partial charge in [0.2, 0.25) is 0 Å². The maximum Gasteiger partial charge on any atom is 0.151 e. The Labute approximate surface area is 188 Å². The van der Waals surface area contributed by atoms with E-state index in [1.807, 2.05) is 54.7 Å². The third-order valence-corrected chi connectivity index (χ3v) is 5.55. The predicted molar refractivity (Wildman–Crippen MR) is 128 cm³/mol. The zero-order valence-electron chi connectivity index (χ0n) is 17.2. The van der Waals surface area contributed by atoms with E-state index >= 15 is 0 Å². The minimum Gasteiger partial charge on any atom is -0.373 e. The number of benzene rings is 3. The third kappa shape index (κ3) is 5.97. The van der Waals surface area contributed by atoms with E-state index < -0.39 is 6.23 Å². The van der Waals surface area contributed by atoms with Gasteiger partial charge in [0.25, 0.3) is 0 Å². The maximum absolute atomic E-state index is 10.6. The minimum atomic E-state index is -0.837. The summed E-state index contributed by atoms with van der Waals surface area (Å²) in [5.41, 5.74) is 4.40. The number of nitrogens with one attached hydrogen (secondary N) is 2. The van der Waals surface area contributed by atoms with E-state index in [-0.39, 0.29) is 6.04 Å². The van der Waals surface area contributed by atoms with Crippen LogP contribution in [0.3, 0.4) is 0 Å². The van der Waals surface area contributed by atoms with Crippen molar-refractivity contribution < 1.29 is 5.11 Å². The Morgan fingerprint density at radius 3 is 2.26 bits per heavy atom. The standard InChI is InChI=1S/C26H26ClN3O/c27-22-14-11-20(12-15-22)17-25(31)30-26-23(16-13-19-7-3-1-4-8-19)29-24(18-28-26)21-9-5-2-6-10-21/h1-12,14-15,18,23,25,29,31H,13,16-17H2,(H,28,30). The molecule has 1 aliphatic rings. The monoisotopic (exact) mass is 431 g/mol. The van der Waals surface area contributed by atoms with Gasteiger partial charge in [-0.3, -0.25) is 0 Å². The van der Waals surface area contributed by atoms with Crippen molar-refractivity contribution >= 4 is 23.1 Å². The van der Waals surface area contributed by atoms with Crippen LogP contribution >= 0.6 is 11.6 Å². The molecule has 0 radical (unpaired) electrons. The molecule has 1 aliphatic heterocycles. The van der Waals surface area contributed by atoms with Crippen LogP contribution in [0, 0.1) is 0 Å². The lowest BCUT2D eigenvalue weighted by molar-refractivity contribution is 0.184. The number of hydrogen-bond donors (Lipinski definition) is 3. The molecule has 1 heterocycles. The number of aryl methyl sites for hydroxylation is 1. The van der Waals surface area contributed by atoms with E-state index in [1.165, 1.54) is 5.56 Å². The lowest BCUT2D eigenvalue weighted by Gasteiger charge is -2.29. The topological polar surface area (TPSA) is 56.7 Å². The van der Waals surface area contributed by atoms with Crippen molar-refractivity contribution in [3.8, 4) is 0 Å². The number of halogens is 1. The van der Waals surface area contributed by atoms with E-state index in [0.717, 1.165) is 35.5 Å². The number of aliphatic imine (C=N–C) groups is 1. The quantitative estimate of drug-likeness (QED) is 0.504. The van der Waals surface area contributed by atoms with Gasteiger partial charge < -0.3 is 15.7 Å². The predicted octanol–water partition coefficient (Wildman–Crippen LogP) is 4.79. The van der Waals surface area contributed by atoms with Crippen molar-refractivity contribution in [2.45, 2.75) is 31.5 Å². The molecule has 2 unspecified atom stereocenters. The lowest BCUT2D eigenvalue weighted by Crippen LogP contribution is -2.47. The number of aliphatic hydroxyl groups is 1. The van der Waals surface area contributed by atoms with E-state index in [1.54, 1.807) is 0 Å². The smallest absolute Gasteiger partial charge is 0.151 e. The molecule has 5 heteroatoms.